The number of nitrogens with one attached hydrogen (secondary N) is 1. The van der Waals surface area contributed by atoms with E-state index in [0.717, 1.165) is 32.1 Å². The maximum absolute atomic E-state index is 12.6. The summed E-state index contributed by atoms with van der Waals surface area (Å²) in [6.07, 6.45) is 6.82. The van der Waals surface area contributed by atoms with E-state index in [1.54, 1.807) is 0 Å². The van der Waals surface area contributed by atoms with Gasteiger partial charge in [0.25, 0.3) is 0 Å². The number of hydrogen-bond donors (Lipinski definition) is 1. The van der Waals surface area contributed by atoms with Crippen molar-refractivity contribution in [3.8, 4) is 0 Å². The maximum Gasteiger partial charge on any atom is 0.241 e. The lowest BCUT2D eigenvalue weighted by Gasteiger charge is -2.31. The van der Waals surface area contributed by atoms with Gasteiger partial charge in [-0.1, -0.05) is 47.0 Å². The van der Waals surface area contributed by atoms with Crippen molar-refractivity contribution in [2.45, 2.75) is 91.4 Å². The monoisotopic (exact) mass is 268 g/mol. The van der Waals surface area contributed by atoms with E-state index < -0.39 is 0 Å². The Balaban J connectivity index is 2.66. The molecule has 0 aromatic heterocycles. The smallest absolute Gasteiger partial charge is 0.241 e. The van der Waals surface area contributed by atoms with Crippen LogP contribution < -0.4 is 5.32 Å². The Labute approximate surface area is 119 Å². The first-order chi connectivity index (χ1) is 9.04. The van der Waals surface area contributed by atoms with Crippen molar-refractivity contribution in [3.05, 3.63) is 0 Å². The molecule has 0 radical (unpaired) electrons. The van der Waals surface area contributed by atoms with Crippen molar-refractivity contribution in [3.63, 3.8) is 0 Å². The first kappa shape index (κ1) is 16.5. The Morgan fingerprint density at radius 1 is 1.26 bits per heavy atom. The summed E-state index contributed by atoms with van der Waals surface area (Å²) in [5, 5.41) is 3.52. The van der Waals surface area contributed by atoms with Gasteiger partial charge in [0, 0.05) is 6.04 Å². The number of carbonyl (C=O) groups is 1. The van der Waals surface area contributed by atoms with E-state index in [4.69, 9.17) is 0 Å². The average molecular weight is 268 g/mol. The normalized spacial score (nSPS) is 26.8. The van der Waals surface area contributed by atoms with E-state index >= 15 is 0 Å². The molecule has 3 nitrogen and oxygen atoms in total. The van der Waals surface area contributed by atoms with Gasteiger partial charge < -0.3 is 4.90 Å². The summed E-state index contributed by atoms with van der Waals surface area (Å²) in [4.78, 5) is 14.7. The Morgan fingerprint density at radius 3 is 2.47 bits per heavy atom. The topological polar surface area (TPSA) is 32.3 Å². The molecular formula is C16H32N2O. The summed E-state index contributed by atoms with van der Waals surface area (Å²) < 4.78 is 0. The summed E-state index contributed by atoms with van der Waals surface area (Å²) in [6.45, 7) is 11.1. The Morgan fingerprint density at radius 2 is 1.95 bits per heavy atom. The molecule has 1 N–H and O–H groups in total. The zero-order valence-electron chi connectivity index (χ0n) is 13.4. The molecule has 4 atom stereocenters. The maximum atomic E-state index is 12.6. The number of nitrogens with zero attached hydrogens (tertiary/aromatic N) is 1. The van der Waals surface area contributed by atoms with Gasteiger partial charge in [0.1, 0.15) is 0 Å². The highest BCUT2D eigenvalue weighted by atomic mass is 16.2. The number of rotatable bonds is 8. The van der Waals surface area contributed by atoms with Gasteiger partial charge in [0.15, 0.2) is 0 Å². The molecule has 0 spiro atoms. The van der Waals surface area contributed by atoms with Crippen molar-refractivity contribution >= 4 is 5.91 Å². The second-order valence-corrected chi connectivity index (χ2v) is 6.13. The fourth-order valence-corrected chi connectivity index (χ4v) is 3.03. The predicted octanol–water partition coefficient (Wildman–Crippen LogP) is 3.54. The third-order valence-electron chi connectivity index (χ3n) is 4.43. The fourth-order valence-electron chi connectivity index (χ4n) is 3.03. The first-order valence-corrected chi connectivity index (χ1v) is 8.13. The zero-order chi connectivity index (χ0) is 14.4. The van der Waals surface area contributed by atoms with E-state index in [0.29, 0.717) is 17.9 Å². The molecule has 4 unspecified atom stereocenters. The lowest BCUT2D eigenvalue weighted by molar-refractivity contribution is -0.132. The third-order valence-corrected chi connectivity index (χ3v) is 4.43. The second-order valence-electron chi connectivity index (χ2n) is 6.13. The molecule has 112 valence electrons. The molecule has 1 rings (SSSR count). The molecular weight excluding hydrogens is 236 g/mol. The van der Waals surface area contributed by atoms with Crippen LogP contribution in [-0.2, 0) is 4.79 Å². The van der Waals surface area contributed by atoms with E-state index in [9.17, 15) is 4.79 Å². The summed E-state index contributed by atoms with van der Waals surface area (Å²) in [6, 6.07) is 0.413. The quantitative estimate of drug-likeness (QED) is 0.730. The molecule has 1 fully saturated rings. The Hall–Kier alpha value is -0.570. The van der Waals surface area contributed by atoms with Crippen LogP contribution in [0.3, 0.4) is 0 Å². The van der Waals surface area contributed by atoms with Gasteiger partial charge in [-0.25, -0.2) is 0 Å². The lowest BCUT2D eigenvalue weighted by Crippen LogP contribution is -2.43. The van der Waals surface area contributed by atoms with Gasteiger partial charge in [0.05, 0.1) is 12.2 Å². The van der Waals surface area contributed by atoms with Crippen LogP contribution >= 0.6 is 0 Å². The van der Waals surface area contributed by atoms with Gasteiger partial charge >= 0.3 is 0 Å². The van der Waals surface area contributed by atoms with Crippen molar-refractivity contribution in [2.75, 3.05) is 0 Å². The minimum Gasteiger partial charge on any atom is -0.323 e. The standard InChI is InChI=1S/C16H32N2O/c1-6-9-10-14-16(19)18(15(8-3)17-14)13(5)11-12(4)7-2/h12-15,17H,6-11H2,1-5H3. The van der Waals surface area contributed by atoms with Crippen LogP contribution in [0.25, 0.3) is 0 Å². The first-order valence-electron chi connectivity index (χ1n) is 8.13. The summed E-state index contributed by atoms with van der Waals surface area (Å²) in [5.74, 6) is 1.02. The molecule has 1 amide bonds. The largest absolute Gasteiger partial charge is 0.323 e. The molecule has 1 heterocycles. The van der Waals surface area contributed by atoms with Gasteiger partial charge in [-0.05, 0) is 32.1 Å². The Kier molecular flexibility index (Phi) is 6.84. The zero-order valence-corrected chi connectivity index (χ0v) is 13.4. The molecule has 0 saturated carbocycles. The number of unbranched alkanes of at least 4 members (excludes halogenated alkanes) is 1. The minimum absolute atomic E-state index is 0.0595. The fraction of sp³-hybridized carbons (Fsp3) is 0.938. The molecule has 0 aromatic carbocycles. The third kappa shape index (κ3) is 4.20. The number of carbonyl (C=O) groups excluding carboxylic acids is 1. The van der Waals surface area contributed by atoms with Gasteiger partial charge in [0.2, 0.25) is 5.91 Å². The van der Waals surface area contributed by atoms with Crippen molar-refractivity contribution in [1.82, 2.24) is 10.2 Å². The highest BCUT2D eigenvalue weighted by Crippen LogP contribution is 2.24. The predicted molar refractivity (Wildman–Crippen MR) is 80.9 cm³/mol. The molecule has 1 aliphatic heterocycles. The summed E-state index contributed by atoms with van der Waals surface area (Å²) in [5.41, 5.74) is 0. The lowest BCUT2D eigenvalue weighted by atomic mass is 9.99. The molecule has 0 bridgehead atoms. The van der Waals surface area contributed by atoms with E-state index in [-0.39, 0.29) is 12.2 Å². The minimum atomic E-state index is 0.0595. The van der Waals surface area contributed by atoms with Crippen LogP contribution in [0.2, 0.25) is 0 Å². The number of amides is 1. The van der Waals surface area contributed by atoms with Gasteiger partial charge in [-0.15, -0.1) is 0 Å². The average Bonchev–Trinajstić information content (AvgIpc) is 2.72. The van der Waals surface area contributed by atoms with Crippen LogP contribution in [-0.4, -0.2) is 29.1 Å². The number of hydrogen-bond acceptors (Lipinski definition) is 2. The molecule has 1 aliphatic rings. The SMILES string of the molecule is CCCCC1NC(CC)N(C(C)CC(C)CC)C1=O. The van der Waals surface area contributed by atoms with Crippen molar-refractivity contribution in [1.29, 1.82) is 0 Å². The van der Waals surface area contributed by atoms with Crippen LogP contribution in [0.1, 0.15) is 73.1 Å². The van der Waals surface area contributed by atoms with Crippen molar-refractivity contribution in [2.24, 2.45) is 5.92 Å². The molecule has 19 heavy (non-hydrogen) atoms. The van der Waals surface area contributed by atoms with E-state index in [1.165, 1.54) is 6.42 Å². The second kappa shape index (κ2) is 7.88. The highest BCUT2D eigenvalue weighted by Gasteiger charge is 2.39. The molecule has 0 aromatic rings. The Bertz CT molecular complexity index is 280. The molecule has 1 saturated heterocycles. The van der Waals surface area contributed by atoms with Gasteiger partial charge in [-0.3, -0.25) is 10.1 Å². The van der Waals surface area contributed by atoms with Crippen LogP contribution in [0.5, 0.6) is 0 Å². The van der Waals surface area contributed by atoms with Crippen LogP contribution in [0, 0.1) is 5.92 Å². The summed E-state index contributed by atoms with van der Waals surface area (Å²) >= 11 is 0. The van der Waals surface area contributed by atoms with E-state index in [2.05, 4.69) is 44.8 Å². The highest BCUT2D eigenvalue weighted by molar-refractivity contribution is 5.84. The van der Waals surface area contributed by atoms with Crippen molar-refractivity contribution < 1.29 is 4.79 Å². The van der Waals surface area contributed by atoms with E-state index in [1.807, 2.05) is 0 Å². The summed E-state index contributed by atoms with van der Waals surface area (Å²) in [7, 11) is 0. The van der Waals surface area contributed by atoms with Crippen LogP contribution in [0.15, 0.2) is 0 Å². The molecule has 3 heteroatoms. The van der Waals surface area contributed by atoms with Gasteiger partial charge in [-0.2, -0.15) is 0 Å². The molecule has 0 aliphatic carbocycles. The van der Waals surface area contributed by atoms with Crippen LogP contribution in [0.4, 0.5) is 0 Å².